The summed E-state index contributed by atoms with van der Waals surface area (Å²) in [5, 5.41) is 0. The molecular formula is C8H12O3. The monoisotopic (exact) mass is 156 g/mol. The smallest absolute Gasteiger partial charge is 0.116 e. The molecule has 1 aromatic heterocycles. The second kappa shape index (κ2) is 15.8. The zero-order chi connectivity index (χ0) is 8.95. The summed E-state index contributed by atoms with van der Waals surface area (Å²) in [7, 11) is 0. The minimum Gasteiger partial charge on any atom is -0.473 e. The van der Waals surface area contributed by atoms with Gasteiger partial charge in [-0.3, -0.25) is 0 Å². The molecule has 0 unspecified atom stereocenters. The second-order valence-corrected chi connectivity index (χ2v) is 1.26. The Morgan fingerprint density at radius 2 is 1.27 bits per heavy atom. The molecular weight excluding hydrogens is 144 g/mol. The number of furan rings is 1. The molecule has 1 heterocycles. The zero-order valence-corrected chi connectivity index (χ0v) is 6.69. The van der Waals surface area contributed by atoms with Crippen molar-refractivity contribution < 1.29 is 14.0 Å². The van der Waals surface area contributed by atoms with Crippen molar-refractivity contribution in [3.8, 4) is 0 Å². The number of rotatable bonds is 0. The third-order valence-electron chi connectivity index (χ3n) is 0.425. The lowest BCUT2D eigenvalue weighted by Gasteiger charge is -1.50. The van der Waals surface area contributed by atoms with Gasteiger partial charge in [-0.1, -0.05) is 0 Å². The molecule has 0 spiro atoms. The molecule has 0 saturated carbocycles. The van der Waals surface area contributed by atoms with Crippen LogP contribution in [0.1, 0.15) is 13.8 Å². The molecule has 11 heavy (non-hydrogen) atoms. The predicted octanol–water partition coefficient (Wildman–Crippen LogP) is 1.69. The highest BCUT2D eigenvalue weighted by molar-refractivity contribution is 5.44. The fourth-order valence-corrected chi connectivity index (χ4v) is 0.227. The van der Waals surface area contributed by atoms with E-state index in [2.05, 4.69) is 4.42 Å². The molecule has 0 N–H and O–H groups in total. The lowest BCUT2D eigenvalue weighted by molar-refractivity contribution is -0.106. The quantitative estimate of drug-likeness (QED) is 0.537. The summed E-state index contributed by atoms with van der Waals surface area (Å²) in [6, 6.07) is 3.67. The Labute approximate surface area is 66.0 Å². The molecule has 0 amide bonds. The first-order valence-electron chi connectivity index (χ1n) is 3.10. The largest absolute Gasteiger partial charge is 0.473 e. The Kier molecular flexibility index (Phi) is 17.7. The van der Waals surface area contributed by atoms with Crippen LogP contribution in [0.3, 0.4) is 0 Å². The maximum atomic E-state index is 8.81. The van der Waals surface area contributed by atoms with E-state index in [4.69, 9.17) is 9.59 Å². The van der Waals surface area contributed by atoms with Crippen LogP contribution in [0.15, 0.2) is 29.1 Å². The van der Waals surface area contributed by atoms with Gasteiger partial charge in [-0.15, -0.1) is 0 Å². The van der Waals surface area contributed by atoms with Crippen LogP contribution in [0.2, 0.25) is 0 Å². The lowest BCUT2D eigenvalue weighted by Crippen LogP contribution is -1.36. The normalized spacial score (nSPS) is 6.00. The standard InChI is InChI=1S/C4H4O.2C2H4O/c1-2-4-5-3-1;2*1-2-3/h1-4H;2*2H,1H3. The minimum atomic E-state index is 0.750. The molecule has 1 aromatic rings. The van der Waals surface area contributed by atoms with E-state index in [1.165, 1.54) is 13.8 Å². The minimum absolute atomic E-state index is 0.750. The van der Waals surface area contributed by atoms with Crippen LogP contribution >= 0.6 is 0 Å². The van der Waals surface area contributed by atoms with Crippen molar-refractivity contribution in [3.63, 3.8) is 0 Å². The molecule has 3 heteroatoms. The van der Waals surface area contributed by atoms with Crippen LogP contribution in [-0.4, -0.2) is 12.6 Å². The van der Waals surface area contributed by atoms with Crippen molar-refractivity contribution in [1.82, 2.24) is 0 Å². The van der Waals surface area contributed by atoms with Gasteiger partial charge >= 0.3 is 0 Å². The number of hydrogen-bond donors (Lipinski definition) is 0. The van der Waals surface area contributed by atoms with Crippen LogP contribution in [0.5, 0.6) is 0 Å². The first-order valence-corrected chi connectivity index (χ1v) is 3.10. The van der Waals surface area contributed by atoms with Gasteiger partial charge in [0, 0.05) is 0 Å². The number of aldehydes is 2. The van der Waals surface area contributed by atoms with Gasteiger partial charge in [0.2, 0.25) is 0 Å². The van der Waals surface area contributed by atoms with E-state index in [0.29, 0.717) is 0 Å². The summed E-state index contributed by atoms with van der Waals surface area (Å²) in [6.07, 6.45) is 4.75. The van der Waals surface area contributed by atoms with Crippen molar-refractivity contribution in [3.05, 3.63) is 24.7 Å². The maximum absolute atomic E-state index is 8.81. The van der Waals surface area contributed by atoms with Crippen molar-refractivity contribution in [1.29, 1.82) is 0 Å². The van der Waals surface area contributed by atoms with E-state index in [-0.39, 0.29) is 0 Å². The third kappa shape index (κ3) is 28.8. The number of carbonyl (C=O) groups is 2. The van der Waals surface area contributed by atoms with Crippen molar-refractivity contribution in [2.24, 2.45) is 0 Å². The SMILES string of the molecule is CC=O.CC=O.c1ccoc1. The van der Waals surface area contributed by atoms with E-state index in [1.807, 2.05) is 12.1 Å². The van der Waals surface area contributed by atoms with Gasteiger partial charge in [0.15, 0.2) is 0 Å². The van der Waals surface area contributed by atoms with Crippen LogP contribution in [0.25, 0.3) is 0 Å². The Bertz CT molecular complexity index is 121. The topological polar surface area (TPSA) is 47.3 Å². The first-order chi connectivity index (χ1) is 5.33. The first kappa shape index (κ1) is 12.3. The van der Waals surface area contributed by atoms with E-state index < -0.39 is 0 Å². The Balaban J connectivity index is 0. The van der Waals surface area contributed by atoms with E-state index in [9.17, 15) is 0 Å². The Hall–Kier alpha value is -1.38. The molecule has 0 aliphatic rings. The van der Waals surface area contributed by atoms with Crippen molar-refractivity contribution in [2.45, 2.75) is 13.8 Å². The van der Waals surface area contributed by atoms with Gasteiger partial charge in [0.05, 0.1) is 12.5 Å². The highest BCUT2D eigenvalue weighted by Gasteiger charge is 1.58. The summed E-state index contributed by atoms with van der Waals surface area (Å²) < 4.78 is 4.58. The van der Waals surface area contributed by atoms with E-state index in [1.54, 1.807) is 12.5 Å². The Morgan fingerprint density at radius 3 is 1.36 bits per heavy atom. The van der Waals surface area contributed by atoms with Gasteiger partial charge in [-0.2, -0.15) is 0 Å². The summed E-state index contributed by atoms with van der Waals surface area (Å²) in [5.41, 5.74) is 0. The van der Waals surface area contributed by atoms with E-state index in [0.717, 1.165) is 12.6 Å². The Morgan fingerprint density at radius 1 is 1.00 bits per heavy atom. The van der Waals surface area contributed by atoms with Gasteiger partial charge in [-0.05, 0) is 26.0 Å². The average molecular weight is 156 g/mol. The van der Waals surface area contributed by atoms with Crippen molar-refractivity contribution >= 4 is 12.6 Å². The molecule has 0 aromatic carbocycles. The number of hydrogen-bond acceptors (Lipinski definition) is 3. The average Bonchev–Trinajstić information content (AvgIpc) is 2.44. The molecule has 0 radical (unpaired) electrons. The maximum Gasteiger partial charge on any atom is 0.116 e. The fraction of sp³-hybridized carbons (Fsp3) is 0.250. The van der Waals surface area contributed by atoms with Crippen LogP contribution in [0.4, 0.5) is 0 Å². The zero-order valence-electron chi connectivity index (χ0n) is 6.69. The molecule has 0 aliphatic heterocycles. The van der Waals surface area contributed by atoms with Gasteiger partial charge in [0.25, 0.3) is 0 Å². The number of carbonyl (C=O) groups excluding carboxylic acids is 2. The third-order valence-corrected chi connectivity index (χ3v) is 0.425. The summed E-state index contributed by atoms with van der Waals surface area (Å²) in [6.45, 7) is 2.89. The lowest BCUT2D eigenvalue weighted by atomic mass is 10.7. The van der Waals surface area contributed by atoms with Gasteiger partial charge in [-0.25, -0.2) is 0 Å². The molecule has 62 valence electrons. The molecule has 1 rings (SSSR count). The molecule has 0 bridgehead atoms. The summed E-state index contributed by atoms with van der Waals surface area (Å²) in [5.74, 6) is 0. The van der Waals surface area contributed by atoms with Gasteiger partial charge in [0.1, 0.15) is 12.6 Å². The summed E-state index contributed by atoms with van der Waals surface area (Å²) in [4.78, 5) is 17.6. The van der Waals surface area contributed by atoms with E-state index >= 15 is 0 Å². The van der Waals surface area contributed by atoms with Crippen LogP contribution in [-0.2, 0) is 9.59 Å². The van der Waals surface area contributed by atoms with Crippen LogP contribution < -0.4 is 0 Å². The van der Waals surface area contributed by atoms with Gasteiger partial charge < -0.3 is 14.0 Å². The summed E-state index contributed by atoms with van der Waals surface area (Å²) >= 11 is 0. The molecule has 0 saturated heterocycles. The molecule has 3 nitrogen and oxygen atoms in total. The predicted molar refractivity (Wildman–Crippen MR) is 42.2 cm³/mol. The van der Waals surface area contributed by atoms with Crippen LogP contribution in [0, 0.1) is 0 Å². The van der Waals surface area contributed by atoms with Crippen molar-refractivity contribution in [2.75, 3.05) is 0 Å². The fourth-order valence-electron chi connectivity index (χ4n) is 0.227. The molecule has 0 atom stereocenters. The molecule has 0 aliphatic carbocycles. The molecule has 0 fully saturated rings. The second-order valence-electron chi connectivity index (χ2n) is 1.26. The highest BCUT2D eigenvalue weighted by atomic mass is 16.3. The highest BCUT2D eigenvalue weighted by Crippen LogP contribution is 1.79.